The van der Waals surface area contributed by atoms with Crippen molar-refractivity contribution in [3.05, 3.63) is 34.3 Å². The lowest BCUT2D eigenvalue weighted by molar-refractivity contribution is -0.122. The van der Waals surface area contributed by atoms with Gasteiger partial charge in [-0.15, -0.1) is 0 Å². The summed E-state index contributed by atoms with van der Waals surface area (Å²) in [4.78, 5) is 23.9. The fourth-order valence-corrected chi connectivity index (χ4v) is 2.85. The number of benzene rings is 1. The quantitative estimate of drug-likeness (QED) is 0.884. The number of aromatic nitrogens is 1. The summed E-state index contributed by atoms with van der Waals surface area (Å²) in [5.41, 5.74) is 1.62. The molecule has 0 unspecified atom stereocenters. The van der Waals surface area contributed by atoms with Gasteiger partial charge in [-0.2, -0.15) is 0 Å². The van der Waals surface area contributed by atoms with Crippen LogP contribution in [0.3, 0.4) is 0 Å². The van der Waals surface area contributed by atoms with E-state index in [2.05, 4.69) is 5.32 Å². The first-order valence-electron chi connectivity index (χ1n) is 7.20. The zero-order valence-corrected chi connectivity index (χ0v) is 11.7. The van der Waals surface area contributed by atoms with Crippen LogP contribution < -0.4 is 11.1 Å². The van der Waals surface area contributed by atoms with Crippen molar-refractivity contribution in [2.24, 2.45) is 0 Å². The molecular weight excluding hydrogens is 272 g/mol. The topological polar surface area (TPSA) is 84.5 Å². The van der Waals surface area contributed by atoms with Gasteiger partial charge in [0.1, 0.15) is 6.54 Å². The van der Waals surface area contributed by atoms with Crippen molar-refractivity contribution in [3.8, 4) is 0 Å². The Labute approximate surface area is 121 Å². The van der Waals surface area contributed by atoms with Crippen LogP contribution in [0.2, 0.25) is 0 Å². The fraction of sp³-hybridized carbons (Fsp3) is 0.467. The molecule has 2 aromatic rings. The van der Waals surface area contributed by atoms with Gasteiger partial charge in [0.15, 0.2) is 5.58 Å². The van der Waals surface area contributed by atoms with Crippen molar-refractivity contribution in [1.29, 1.82) is 0 Å². The third kappa shape index (κ3) is 2.85. The highest BCUT2D eigenvalue weighted by atomic mass is 16.4. The summed E-state index contributed by atoms with van der Waals surface area (Å²) in [5.74, 6) is -0.723. The zero-order chi connectivity index (χ0) is 14.8. The second-order valence-corrected chi connectivity index (χ2v) is 5.46. The monoisotopic (exact) mass is 290 g/mol. The number of oxazole rings is 1. The Kier molecular flexibility index (Phi) is 3.79. The SMILES string of the molecule is O=C(Cn1c(=O)oc2cc(CO)ccc21)NC1CCCC1. The molecule has 1 amide bonds. The number of hydrogen-bond donors (Lipinski definition) is 2. The summed E-state index contributed by atoms with van der Waals surface area (Å²) in [7, 11) is 0. The summed E-state index contributed by atoms with van der Waals surface area (Å²) < 4.78 is 6.45. The molecule has 21 heavy (non-hydrogen) atoms. The molecule has 2 N–H and O–H groups in total. The third-order valence-electron chi connectivity index (χ3n) is 3.94. The predicted octanol–water partition coefficient (Wildman–Crippen LogP) is 1.15. The highest BCUT2D eigenvalue weighted by Crippen LogP contribution is 2.18. The Morgan fingerprint density at radius 1 is 1.38 bits per heavy atom. The number of fused-ring (bicyclic) bond motifs is 1. The molecule has 0 atom stereocenters. The van der Waals surface area contributed by atoms with Crippen LogP contribution in [0.15, 0.2) is 27.4 Å². The van der Waals surface area contributed by atoms with Gasteiger partial charge < -0.3 is 14.8 Å². The summed E-state index contributed by atoms with van der Waals surface area (Å²) in [5, 5.41) is 12.0. The molecule has 0 bridgehead atoms. The van der Waals surface area contributed by atoms with E-state index in [9.17, 15) is 9.59 Å². The number of carbonyl (C=O) groups excluding carboxylic acids is 1. The van der Waals surface area contributed by atoms with Crippen molar-refractivity contribution in [2.75, 3.05) is 0 Å². The lowest BCUT2D eigenvalue weighted by Crippen LogP contribution is -2.36. The normalized spacial score (nSPS) is 15.7. The van der Waals surface area contributed by atoms with E-state index in [-0.39, 0.29) is 25.1 Å². The van der Waals surface area contributed by atoms with Gasteiger partial charge in [0, 0.05) is 6.04 Å². The summed E-state index contributed by atoms with van der Waals surface area (Å²) in [6, 6.07) is 5.24. The van der Waals surface area contributed by atoms with Gasteiger partial charge in [-0.3, -0.25) is 9.36 Å². The molecule has 1 saturated carbocycles. The van der Waals surface area contributed by atoms with Crippen LogP contribution in [0.4, 0.5) is 0 Å². The van der Waals surface area contributed by atoms with Crippen molar-refractivity contribution < 1.29 is 14.3 Å². The zero-order valence-electron chi connectivity index (χ0n) is 11.7. The number of aliphatic hydroxyl groups excluding tert-OH is 1. The summed E-state index contributed by atoms with van der Waals surface area (Å²) >= 11 is 0. The van der Waals surface area contributed by atoms with Crippen LogP contribution in [-0.2, 0) is 17.9 Å². The highest BCUT2D eigenvalue weighted by Gasteiger charge is 2.19. The van der Waals surface area contributed by atoms with Crippen molar-refractivity contribution in [1.82, 2.24) is 9.88 Å². The van der Waals surface area contributed by atoms with Crippen LogP contribution in [0.5, 0.6) is 0 Å². The van der Waals surface area contributed by atoms with Crippen LogP contribution in [0.1, 0.15) is 31.2 Å². The van der Waals surface area contributed by atoms with Gasteiger partial charge in [0.25, 0.3) is 0 Å². The van der Waals surface area contributed by atoms with E-state index in [1.807, 2.05) is 0 Å². The molecule has 3 rings (SSSR count). The number of rotatable bonds is 4. The standard InChI is InChI=1S/C15H18N2O4/c18-9-10-5-6-12-13(7-10)21-15(20)17(12)8-14(19)16-11-3-1-2-4-11/h5-7,11,18H,1-4,8-9H2,(H,16,19). The molecule has 1 heterocycles. The molecule has 6 nitrogen and oxygen atoms in total. The first kappa shape index (κ1) is 13.9. The van der Waals surface area contributed by atoms with Crippen LogP contribution in [-0.4, -0.2) is 21.6 Å². The Morgan fingerprint density at radius 3 is 2.86 bits per heavy atom. The molecular formula is C15H18N2O4. The number of carbonyl (C=O) groups is 1. The maximum absolute atomic E-state index is 12.0. The van der Waals surface area contributed by atoms with E-state index in [4.69, 9.17) is 9.52 Å². The Balaban J connectivity index is 1.81. The number of amides is 1. The molecule has 0 aliphatic heterocycles. The van der Waals surface area contributed by atoms with E-state index in [0.717, 1.165) is 25.7 Å². The van der Waals surface area contributed by atoms with Gasteiger partial charge >= 0.3 is 5.76 Å². The molecule has 0 saturated heterocycles. The van der Waals surface area contributed by atoms with Gasteiger partial charge in [0.2, 0.25) is 5.91 Å². The minimum absolute atomic E-state index is 0.0409. The Hall–Kier alpha value is -2.08. The van der Waals surface area contributed by atoms with E-state index in [1.54, 1.807) is 18.2 Å². The second-order valence-electron chi connectivity index (χ2n) is 5.46. The Bertz CT molecular complexity index is 710. The molecule has 1 fully saturated rings. The minimum Gasteiger partial charge on any atom is -0.408 e. The van der Waals surface area contributed by atoms with E-state index < -0.39 is 5.76 Å². The van der Waals surface area contributed by atoms with Gasteiger partial charge in [-0.05, 0) is 30.5 Å². The third-order valence-corrected chi connectivity index (χ3v) is 3.94. The van der Waals surface area contributed by atoms with Crippen LogP contribution >= 0.6 is 0 Å². The highest BCUT2D eigenvalue weighted by molar-refractivity contribution is 5.80. The lowest BCUT2D eigenvalue weighted by atomic mass is 10.2. The summed E-state index contributed by atoms with van der Waals surface area (Å²) in [6.07, 6.45) is 4.30. The van der Waals surface area contributed by atoms with Crippen LogP contribution in [0.25, 0.3) is 11.1 Å². The molecule has 6 heteroatoms. The molecule has 112 valence electrons. The van der Waals surface area contributed by atoms with Crippen molar-refractivity contribution in [2.45, 2.75) is 44.9 Å². The maximum atomic E-state index is 12.0. The molecule has 0 spiro atoms. The largest absolute Gasteiger partial charge is 0.420 e. The van der Waals surface area contributed by atoms with Crippen molar-refractivity contribution >= 4 is 17.0 Å². The predicted molar refractivity (Wildman–Crippen MR) is 76.8 cm³/mol. The number of hydrogen-bond acceptors (Lipinski definition) is 4. The average molecular weight is 290 g/mol. The summed E-state index contributed by atoms with van der Waals surface area (Å²) in [6.45, 7) is -0.159. The fourth-order valence-electron chi connectivity index (χ4n) is 2.85. The van der Waals surface area contributed by atoms with Crippen LogP contribution in [0, 0.1) is 0 Å². The Morgan fingerprint density at radius 2 is 2.14 bits per heavy atom. The van der Waals surface area contributed by atoms with Gasteiger partial charge in [0.05, 0.1) is 12.1 Å². The van der Waals surface area contributed by atoms with E-state index in [1.165, 1.54) is 4.57 Å². The van der Waals surface area contributed by atoms with Gasteiger partial charge in [-0.25, -0.2) is 4.79 Å². The van der Waals surface area contributed by atoms with E-state index in [0.29, 0.717) is 16.7 Å². The minimum atomic E-state index is -0.554. The van der Waals surface area contributed by atoms with Gasteiger partial charge in [-0.1, -0.05) is 18.9 Å². The number of aliphatic hydroxyl groups is 1. The second kappa shape index (κ2) is 5.73. The molecule has 1 aliphatic rings. The number of nitrogens with zero attached hydrogens (tertiary/aromatic N) is 1. The smallest absolute Gasteiger partial charge is 0.408 e. The molecule has 1 aromatic heterocycles. The lowest BCUT2D eigenvalue weighted by Gasteiger charge is -2.11. The van der Waals surface area contributed by atoms with E-state index >= 15 is 0 Å². The number of nitrogens with one attached hydrogen (secondary N) is 1. The maximum Gasteiger partial charge on any atom is 0.420 e. The molecule has 0 radical (unpaired) electrons. The first-order valence-corrected chi connectivity index (χ1v) is 7.20. The average Bonchev–Trinajstić information content (AvgIpc) is 3.07. The van der Waals surface area contributed by atoms with Crippen molar-refractivity contribution in [3.63, 3.8) is 0 Å². The first-order chi connectivity index (χ1) is 10.2. The molecule has 1 aromatic carbocycles. The molecule has 1 aliphatic carbocycles.